The van der Waals surface area contributed by atoms with Crippen LogP contribution < -0.4 is 5.32 Å². The Morgan fingerprint density at radius 1 is 0.900 bits per heavy atom. The summed E-state index contributed by atoms with van der Waals surface area (Å²) in [6.45, 7) is 0.639. The zero-order chi connectivity index (χ0) is 21.3. The molecule has 1 unspecified atom stereocenters. The van der Waals surface area contributed by atoms with Crippen LogP contribution in [0.15, 0.2) is 24.3 Å². The van der Waals surface area contributed by atoms with Crippen LogP contribution in [0.2, 0.25) is 0 Å². The second-order valence-electron chi connectivity index (χ2n) is 8.94. The van der Waals surface area contributed by atoms with Gasteiger partial charge in [0.05, 0.1) is 5.56 Å². The van der Waals surface area contributed by atoms with Crippen LogP contribution in [0.4, 0.5) is 13.2 Å². The highest BCUT2D eigenvalue weighted by Gasteiger charge is 2.40. The van der Waals surface area contributed by atoms with Crippen molar-refractivity contribution in [3.05, 3.63) is 35.4 Å². The SMILES string of the molecule is O=C(N[C@@H]1CCC[C@H]1c1ccc(C(F)(F)F)cc1)C1CCCN1C(=O)C1CCCC1. The Balaban J connectivity index is 1.41. The van der Waals surface area contributed by atoms with E-state index in [1.54, 1.807) is 4.90 Å². The number of nitrogens with zero attached hydrogens (tertiary/aromatic N) is 1. The summed E-state index contributed by atoms with van der Waals surface area (Å²) >= 11 is 0. The van der Waals surface area contributed by atoms with Crippen LogP contribution >= 0.6 is 0 Å². The summed E-state index contributed by atoms with van der Waals surface area (Å²) < 4.78 is 38.5. The second kappa shape index (κ2) is 8.60. The van der Waals surface area contributed by atoms with E-state index in [0.717, 1.165) is 69.1 Å². The molecule has 1 aromatic rings. The van der Waals surface area contributed by atoms with Gasteiger partial charge in [-0.25, -0.2) is 0 Å². The predicted molar refractivity (Wildman–Crippen MR) is 107 cm³/mol. The van der Waals surface area contributed by atoms with E-state index in [4.69, 9.17) is 0 Å². The van der Waals surface area contributed by atoms with Gasteiger partial charge in [-0.2, -0.15) is 13.2 Å². The fraction of sp³-hybridized carbons (Fsp3) is 0.652. The molecule has 0 aromatic heterocycles. The van der Waals surface area contributed by atoms with E-state index in [1.807, 2.05) is 0 Å². The van der Waals surface area contributed by atoms with Crippen molar-refractivity contribution < 1.29 is 22.8 Å². The summed E-state index contributed by atoms with van der Waals surface area (Å²) in [5, 5.41) is 3.13. The number of alkyl halides is 3. The molecule has 0 spiro atoms. The summed E-state index contributed by atoms with van der Waals surface area (Å²) in [5.41, 5.74) is 0.174. The molecule has 1 heterocycles. The summed E-state index contributed by atoms with van der Waals surface area (Å²) in [6, 6.07) is 4.79. The minimum atomic E-state index is -4.35. The Kier molecular flexibility index (Phi) is 6.07. The van der Waals surface area contributed by atoms with Crippen LogP contribution in [0, 0.1) is 5.92 Å². The van der Waals surface area contributed by atoms with Crippen LogP contribution in [0.5, 0.6) is 0 Å². The molecule has 1 aromatic carbocycles. The monoisotopic (exact) mass is 422 g/mol. The molecule has 3 aliphatic rings. The summed E-state index contributed by atoms with van der Waals surface area (Å²) in [5.74, 6) is 0.0833. The van der Waals surface area contributed by atoms with Gasteiger partial charge in [-0.3, -0.25) is 9.59 Å². The number of hydrogen-bond donors (Lipinski definition) is 1. The van der Waals surface area contributed by atoms with Gasteiger partial charge in [0, 0.05) is 24.4 Å². The van der Waals surface area contributed by atoms with Gasteiger partial charge in [0.2, 0.25) is 11.8 Å². The number of nitrogens with one attached hydrogen (secondary N) is 1. The standard InChI is InChI=1S/C23H29F3N2O2/c24-23(25,26)17-12-10-15(11-13-17)18-7-3-8-19(18)27-21(29)20-9-4-14-28(20)22(30)16-5-1-2-6-16/h10-13,16,18-20H,1-9,14H2,(H,27,29)/t18-,19+,20?/m0/s1. The third-order valence-corrected chi connectivity index (χ3v) is 7.05. The maximum Gasteiger partial charge on any atom is 0.416 e. The first-order valence-corrected chi connectivity index (χ1v) is 11.1. The first-order chi connectivity index (χ1) is 14.3. The molecule has 2 amide bonds. The number of halogens is 3. The molecule has 0 bridgehead atoms. The molecule has 1 aliphatic heterocycles. The lowest BCUT2D eigenvalue weighted by molar-refractivity contribution is -0.141. The van der Waals surface area contributed by atoms with Crippen LogP contribution in [0.1, 0.15) is 74.8 Å². The zero-order valence-corrected chi connectivity index (χ0v) is 17.1. The van der Waals surface area contributed by atoms with Crippen molar-refractivity contribution in [2.75, 3.05) is 6.54 Å². The van der Waals surface area contributed by atoms with Gasteiger partial charge in [-0.15, -0.1) is 0 Å². The van der Waals surface area contributed by atoms with E-state index in [9.17, 15) is 22.8 Å². The highest BCUT2D eigenvalue weighted by Crippen LogP contribution is 2.37. The summed E-state index contributed by atoms with van der Waals surface area (Å²) in [4.78, 5) is 27.7. The number of carbonyl (C=O) groups excluding carboxylic acids is 2. The number of rotatable bonds is 4. The van der Waals surface area contributed by atoms with Crippen molar-refractivity contribution in [3.8, 4) is 0 Å². The first-order valence-electron chi connectivity index (χ1n) is 11.1. The Morgan fingerprint density at radius 3 is 2.27 bits per heavy atom. The fourth-order valence-corrected chi connectivity index (χ4v) is 5.44. The Hall–Kier alpha value is -2.05. The first kappa shape index (κ1) is 21.2. The Bertz CT molecular complexity index is 772. The number of likely N-dealkylation sites (tertiary alicyclic amines) is 1. The van der Waals surface area contributed by atoms with Crippen molar-refractivity contribution in [3.63, 3.8) is 0 Å². The quantitative estimate of drug-likeness (QED) is 0.769. The van der Waals surface area contributed by atoms with Crippen molar-refractivity contribution in [1.29, 1.82) is 0 Å². The molecule has 2 saturated carbocycles. The molecule has 4 nitrogen and oxygen atoms in total. The molecule has 1 saturated heterocycles. The molecule has 3 fully saturated rings. The third-order valence-electron chi connectivity index (χ3n) is 7.05. The Labute approximate surface area is 175 Å². The van der Waals surface area contributed by atoms with E-state index in [-0.39, 0.29) is 29.7 Å². The van der Waals surface area contributed by atoms with E-state index in [1.165, 1.54) is 12.1 Å². The van der Waals surface area contributed by atoms with E-state index < -0.39 is 17.8 Å². The minimum Gasteiger partial charge on any atom is -0.351 e. The van der Waals surface area contributed by atoms with Gasteiger partial charge in [0.1, 0.15) is 6.04 Å². The topological polar surface area (TPSA) is 49.4 Å². The van der Waals surface area contributed by atoms with Gasteiger partial charge in [-0.05, 0) is 56.2 Å². The molecule has 2 aliphatic carbocycles. The minimum absolute atomic E-state index is 0.0108. The molecule has 30 heavy (non-hydrogen) atoms. The van der Waals surface area contributed by atoms with Crippen molar-refractivity contribution in [2.24, 2.45) is 5.92 Å². The van der Waals surface area contributed by atoms with E-state index in [2.05, 4.69) is 5.32 Å². The van der Waals surface area contributed by atoms with Gasteiger partial charge in [0.15, 0.2) is 0 Å². The maximum absolute atomic E-state index is 13.0. The molecule has 1 N–H and O–H groups in total. The second-order valence-corrected chi connectivity index (χ2v) is 8.94. The van der Waals surface area contributed by atoms with Crippen molar-refractivity contribution >= 4 is 11.8 Å². The van der Waals surface area contributed by atoms with Gasteiger partial charge < -0.3 is 10.2 Å². The number of amides is 2. The molecule has 0 radical (unpaired) electrons. The maximum atomic E-state index is 13.0. The van der Waals surface area contributed by atoms with Crippen LogP contribution in [-0.4, -0.2) is 35.3 Å². The average molecular weight is 422 g/mol. The normalized spacial score (nSPS) is 27.6. The predicted octanol–water partition coefficient (Wildman–Crippen LogP) is 4.64. The highest BCUT2D eigenvalue weighted by molar-refractivity contribution is 5.89. The zero-order valence-electron chi connectivity index (χ0n) is 17.1. The third kappa shape index (κ3) is 4.35. The molecule has 3 atom stereocenters. The highest BCUT2D eigenvalue weighted by atomic mass is 19.4. The lowest BCUT2D eigenvalue weighted by Gasteiger charge is -2.29. The Morgan fingerprint density at radius 2 is 1.60 bits per heavy atom. The summed E-state index contributed by atoms with van der Waals surface area (Å²) in [6.07, 6.45) is 3.74. The van der Waals surface area contributed by atoms with E-state index in [0.29, 0.717) is 13.0 Å². The number of benzene rings is 1. The van der Waals surface area contributed by atoms with Gasteiger partial charge >= 0.3 is 6.18 Å². The number of hydrogen-bond acceptors (Lipinski definition) is 2. The van der Waals surface area contributed by atoms with Crippen LogP contribution in [-0.2, 0) is 15.8 Å². The van der Waals surface area contributed by atoms with Gasteiger partial charge in [0.25, 0.3) is 0 Å². The van der Waals surface area contributed by atoms with Crippen LogP contribution in [0.3, 0.4) is 0 Å². The molecular formula is C23H29F3N2O2. The lowest BCUT2D eigenvalue weighted by Crippen LogP contribution is -2.50. The number of carbonyl (C=O) groups is 2. The largest absolute Gasteiger partial charge is 0.416 e. The molecule has 4 rings (SSSR count). The molecule has 164 valence electrons. The lowest BCUT2D eigenvalue weighted by atomic mass is 9.93. The van der Waals surface area contributed by atoms with Gasteiger partial charge in [-0.1, -0.05) is 31.4 Å². The van der Waals surface area contributed by atoms with Crippen molar-refractivity contribution in [1.82, 2.24) is 10.2 Å². The van der Waals surface area contributed by atoms with Crippen molar-refractivity contribution in [2.45, 2.75) is 82.0 Å². The van der Waals surface area contributed by atoms with E-state index >= 15 is 0 Å². The molecular weight excluding hydrogens is 393 g/mol. The van der Waals surface area contributed by atoms with Crippen LogP contribution in [0.25, 0.3) is 0 Å². The fourth-order valence-electron chi connectivity index (χ4n) is 5.44. The smallest absolute Gasteiger partial charge is 0.351 e. The summed E-state index contributed by atoms with van der Waals surface area (Å²) in [7, 11) is 0. The average Bonchev–Trinajstić information content (AvgIpc) is 3.47. The molecule has 7 heteroatoms.